The van der Waals surface area contributed by atoms with Crippen LogP contribution in [0.3, 0.4) is 0 Å². The smallest absolute Gasteiger partial charge is 0.0435 e. The number of allylic oxidation sites excluding steroid dienone is 3. The first-order chi connectivity index (χ1) is 9.66. The topological polar surface area (TPSA) is 0 Å². The minimum absolute atomic E-state index is 0.542. The Hall–Kier alpha value is 0.180. The van der Waals surface area contributed by atoms with Crippen LogP contribution in [0.1, 0.15) is 71.6 Å². The molecule has 2 aliphatic carbocycles. The lowest BCUT2D eigenvalue weighted by molar-refractivity contribution is 0.287. The number of rotatable bonds is 0. The quantitative estimate of drug-likeness (QED) is 0.498. The van der Waals surface area contributed by atoms with E-state index in [0.717, 1.165) is 0 Å². The summed E-state index contributed by atoms with van der Waals surface area (Å²) < 4.78 is 1.70. The number of hydrogen-bond acceptors (Lipinski definition) is 2. The fraction of sp³-hybridized carbons (Fsp3) is 0.778. The first-order valence-electron chi connectivity index (χ1n) is 8.36. The summed E-state index contributed by atoms with van der Waals surface area (Å²) in [6.07, 6.45) is 12.5. The van der Waals surface area contributed by atoms with E-state index in [4.69, 9.17) is 0 Å². The van der Waals surface area contributed by atoms with E-state index < -0.39 is 0 Å². The lowest BCUT2D eigenvalue weighted by Crippen LogP contribution is -2.19. The highest BCUT2D eigenvalue weighted by atomic mass is 32.2. The molecule has 1 heterocycles. The molecule has 0 aromatic heterocycles. The molecule has 0 aromatic rings. The van der Waals surface area contributed by atoms with Crippen LogP contribution in [-0.4, -0.2) is 11.5 Å². The summed E-state index contributed by atoms with van der Waals surface area (Å²) in [6, 6.07) is 0. The largest absolute Gasteiger partial charge is 0.119 e. The molecular formula is C18H28S2. The Bertz CT molecular complexity index is 421. The van der Waals surface area contributed by atoms with Crippen molar-refractivity contribution in [2.45, 2.75) is 71.6 Å². The molecule has 0 radical (unpaired) electrons. The van der Waals surface area contributed by atoms with Crippen LogP contribution in [0, 0.1) is 5.41 Å². The van der Waals surface area contributed by atoms with Crippen molar-refractivity contribution in [2.24, 2.45) is 5.41 Å². The zero-order valence-corrected chi connectivity index (χ0v) is 14.7. The number of hydrogen-bond donors (Lipinski definition) is 0. The predicted octanol–water partition coefficient (Wildman–Crippen LogP) is 6.54. The third-order valence-electron chi connectivity index (χ3n) is 4.92. The molecule has 112 valence electrons. The second-order valence-corrected chi connectivity index (χ2v) is 9.77. The van der Waals surface area contributed by atoms with Gasteiger partial charge in [-0.1, -0.05) is 19.4 Å². The summed E-state index contributed by atoms with van der Waals surface area (Å²) in [6.45, 7) is 4.93. The van der Waals surface area contributed by atoms with Crippen molar-refractivity contribution in [3.05, 3.63) is 21.0 Å². The molecule has 3 rings (SSSR count). The van der Waals surface area contributed by atoms with Gasteiger partial charge in [-0.15, -0.1) is 23.5 Å². The van der Waals surface area contributed by atoms with Crippen molar-refractivity contribution in [3.63, 3.8) is 0 Å². The molecule has 1 saturated heterocycles. The van der Waals surface area contributed by atoms with Gasteiger partial charge in [-0.3, -0.25) is 0 Å². The first kappa shape index (κ1) is 15.1. The van der Waals surface area contributed by atoms with Crippen LogP contribution in [-0.2, 0) is 0 Å². The second-order valence-electron chi connectivity index (χ2n) is 7.30. The van der Waals surface area contributed by atoms with Crippen LogP contribution >= 0.6 is 23.5 Å². The average molecular weight is 309 g/mol. The Kier molecular flexibility index (Phi) is 4.92. The van der Waals surface area contributed by atoms with Gasteiger partial charge in [-0.05, 0) is 85.9 Å². The van der Waals surface area contributed by atoms with E-state index in [1.165, 1.54) is 69.3 Å². The zero-order chi connectivity index (χ0) is 14.0. The van der Waals surface area contributed by atoms with E-state index in [0.29, 0.717) is 5.41 Å². The first-order valence-corrected chi connectivity index (χ1v) is 10.3. The Morgan fingerprint density at radius 3 is 2.20 bits per heavy atom. The lowest BCUT2D eigenvalue weighted by Gasteiger charge is -2.35. The standard InChI is InChI=1S/C18H28S2/c1-18(2)10-5-7-14(13-18)15-8-3-4-9-16(15)17-19-11-6-12-20-17/h3-13H2,1-2H3. The molecule has 0 bridgehead atoms. The van der Waals surface area contributed by atoms with Gasteiger partial charge in [0.1, 0.15) is 0 Å². The van der Waals surface area contributed by atoms with Gasteiger partial charge < -0.3 is 0 Å². The highest BCUT2D eigenvalue weighted by Crippen LogP contribution is 2.48. The molecule has 0 unspecified atom stereocenters. The maximum absolute atomic E-state index is 2.46. The highest BCUT2D eigenvalue weighted by Gasteiger charge is 2.28. The summed E-state index contributed by atoms with van der Waals surface area (Å²) in [5.41, 5.74) is 5.95. The van der Waals surface area contributed by atoms with Crippen LogP contribution < -0.4 is 0 Å². The molecule has 2 saturated carbocycles. The zero-order valence-electron chi connectivity index (χ0n) is 13.1. The third-order valence-corrected chi connectivity index (χ3v) is 7.63. The van der Waals surface area contributed by atoms with Crippen LogP contribution in [0.25, 0.3) is 0 Å². The maximum Gasteiger partial charge on any atom is 0.0435 e. The van der Waals surface area contributed by atoms with Crippen LogP contribution in [0.5, 0.6) is 0 Å². The Balaban J connectivity index is 1.92. The van der Waals surface area contributed by atoms with Gasteiger partial charge >= 0.3 is 0 Å². The van der Waals surface area contributed by atoms with Gasteiger partial charge in [0, 0.05) is 4.24 Å². The van der Waals surface area contributed by atoms with Crippen LogP contribution in [0.15, 0.2) is 21.0 Å². The fourth-order valence-electron chi connectivity index (χ4n) is 3.92. The van der Waals surface area contributed by atoms with E-state index in [1.807, 2.05) is 5.57 Å². The lowest BCUT2D eigenvalue weighted by atomic mass is 9.72. The van der Waals surface area contributed by atoms with Gasteiger partial charge in [-0.2, -0.15) is 0 Å². The molecule has 20 heavy (non-hydrogen) atoms. The fourth-order valence-corrected chi connectivity index (χ4v) is 6.68. The minimum atomic E-state index is 0.542. The van der Waals surface area contributed by atoms with E-state index in [1.54, 1.807) is 15.4 Å². The minimum Gasteiger partial charge on any atom is -0.119 e. The van der Waals surface area contributed by atoms with Crippen LogP contribution in [0.2, 0.25) is 0 Å². The molecule has 0 amide bonds. The molecule has 0 aromatic carbocycles. The Labute approximate surface area is 133 Å². The normalized spacial score (nSPS) is 31.5. The molecule has 1 aliphatic heterocycles. The Morgan fingerprint density at radius 2 is 1.50 bits per heavy atom. The molecule has 0 spiro atoms. The summed E-state index contributed by atoms with van der Waals surface area (Å²) in [4.78, 5) is 0. The van der Waals surface area contributed by atoms with Gasteiger partial charge in [-0.25, -0.2) is 0 Å². The van der Waals surface area contributed by atoms with E-state index in [-0.39, 0.29) is 0 Å². The highest BCUT2D eigenvalue weighted by molar-refractivity contribution is 8.22. The molecule has 0 atom stereocenters. The SMILES string of the molecule is CC1(C)CCCC(=C2CCCCC2=C2SCCCS2)C1. The molecule has 0 nitrogen and oxygen atoms in total. The summed E-state index contributed by atoms with van der Waals surface area (Å²) in [5.74, 6) is 2.69. The van der Waals surface area contributed by atoms with Gasteiger partial charge in [0.05, 0.1) is 0 Å². The van der Waals surface area contributed by atoms with E-state index >= 15 is 0 Å². The molecular weight excluding hydrogens is 280 g/mol. The average Bonchev–Trinajstić information content (AvgIpc) is 2.47. The summed E-state index contributed by atoms with van der Waals surface area (Å²) >= 11 is 4.29. The monoisotopic (exact) mass is 308 g/mol. The van der Waals surface area contributed by atoms with Gasteiger partial charge in [0.2, 0.25) is 0 Å². The molecule has 3 fully saturated rings. The van der Waals surface area contributed by atoms with Gasteiger partial charge in [0.25, 0.3) is 0 Å². The summed E-state index contributed by atoms with van der Waals surface area (Å²) in [7, 11) is 0. The van der Waals surface area contributed by atoms with Crippen molar-refractivity contribution in [2.75, 3.05) is 11.5 Å². The van der Waals surface area contributed by atoms with Crippen molar-refractivity contribution in [1.82, 2.24) is 0 Å². The van der Waals surface area contributed by atoms with Crippen molar-refractivity contribution < 1.29 is 0 Å². The van der Waals surface area contributed by atoms with Crippen molar-refractivity contribution in [3.8, 4) is 0 Å². The molecule has 3 aliphatic rings. The van der Waals surface area contributed by atoms with E-state index in [9.17, 15) is 0 Å². The van der Waals surface area contributed by atoms with Crippen molar-refractivity contribution in [1.29, 1.82) is 0 Å². The van der Waals surface area contributed by atoms with Crippen LogP contribution in [0.4, 0.5) is 0 Å². The van der Waals surface area contributed by atoms with E-state index in [2.05, 4.69) is 37.4 Å². The van der Waals surface area contributed by atoms with Gasteiger partial charge in [0.15, 0.2) is 0 Å². The molecule has 0 N–H and O–H groups in total. The predicted molar refractivity (Wildman–Crippen MR) is 94.3 cm³/mol. The third kappa shape index (κ3) is 3.50. The number of thioether (sulfide) groups is 2. The van der Waals surface area contributed by atoms with Crippen molar-refractivity contribution >= 4 is 23.5 Å². The second kappa shape index (κ2) is 6.52. The Morgan fingerprint density at radius 1 is 0.800 bits per heavy atom. The molecule has 2 heteroatoms. The summed E-state index contributed by atoms with van der Waals surface area (Å²) in [5, 5.41) is 0. The maximum atomic E-state index is 2.46.